The van der Waals surface area contributed by atoms with Crippen LogP contribution in [0.4, 0.5) is 0 Å². The van der Waals surface area contributed by atoms with E-state index in [1.807, 2.05) is 19.0 Å². The molecule has 54 valence electrons. The van der Waals surface area contributed by atoms with Crippen molar-refractivity contribution in [2.45, 2.75) is 0 Å². The van der Waals surface area contributed by atoms with Crippen LogP contribution in [0.2, 0.25) is 0 Å². The number of nitrogens with zero attached hydrogens (tertiary/aromatic N) is 1. The van der Waals surface area contributed by atoms with Gasteiger partial charge in [0.05, 0.1) is 0 Å². The number of hydrogen-bond donors (Lipinski definition) is 1. The first-order valence-corrected chi connectivity index (χ1v) is 2.59. The van der Waals surface area contributed by atoms with E-state index in [0.29, 0.717) is 0 Å². The van der Waals surface area contributed by atoms with Crippen molar-refractivity contribution in [3.63, 3.8) is 0 Å². The Balaban J connectivity index is 0. The van der Waals surface area contributed by atoms with E-state index in [-0.39, 0.29) is 17.6 Å². The molecule has 0 aliphatic carbocycles. The summed E-state index contributed by atoms with van der Waals surface area (Å²) in [7, 11) is 3.74. The zero-order valence-electron chi connectivity index (χ0n) is 5.39. The minimum Gasteiger partial charge on any atom is -0.383 e. The van der Waals surface area contributed by atoms with Crippen LogP contribution in [-0.2, 0) is 0 Å². The molecule has 0 amide bonds. The van der Waals surface area contributed by atoms with Gasteiger partial charge in [0.25, 0.3) is 0 Å². The lowest BCUT2D eigenvalue weighted by Crippen LogP contribution is -2.00. The summed E-state index contributed by atoms with van der Waals surface area (Å²) in [6.45, 7) is 0. The largest absolute Gasteiger partial charge is 0.383 e. The summed E-state index contributed by atoms with van der Waals surface area (Å²) >= 11 is 5.19. The molecule has 0 aliphatic heterocycles. The van der Waals surface area contributed by atoms with Gasteiger partial charge in [0.1, 0.15) is 5.17 Å². The fourth-order valence-corrected chi connectivity index (χ4v) is 0.271. The van der Waals surface area contributed by atoms with Crippen LogP contribution in [0.15, 0.2) is 12.3 Å². The molecule has 2 nitrogen and oxygen atoms in total. The highest BCUT2D eigenvalue weighted by Crippen LogP contribution is 1.83. The van der Waals surface area contributed by atoms with Gasteiger partial charge in [-0.2, -0.15) is 0 Å². The molecule has 4 heteroatoms. The lowest BCUT2D eigenvalue weighted by atomic mass is 10.6. The standard InChI is InChI=1S/C5H9ClN2.ClH/c1-8(2)4-3-5(6)7;/h3-4,7H,1-2H3;1H/b4-3+,7-5?;. The molecular weight excluding hydrogens is 159 g/mol. The van der Waals surface area contributed by atoms with E-state index in [0.717, 1.165) is 0 Å². The molecule has 0 atom stereocenters. The van der Waals surface area contributed by atoms with Crippen molar-refractivity contribution < 1.29 is 0 Å². The summed E-state index contributed by atoms with van der Waals surface area (Å²) in [6.07, 6.45) is 3.23. The van der Waals surface area contributed by atoms with Gasteiger partial charge in [0.15, 0.2) is 0 Å². The zero-order valence-corrected chi connectivity index (χ0v) is 6.96. The zero-order chi connectivity index (χ0) is 6.57. The predicted octanol–water partition coefficient (Wildman–Crippen LogP) is 1.70. The molecule has 0 rings (SSSR count). The van der Waals surface area contributed by atoms with Crippen molar-refractivity contribution in [1.29, 1.82) is 5.41 Å². The molecule has 0 saturated carbocycles. The molecule has 0 aromatic heterocycles. The Morgan fingerprint density at radius 3 is 2.11 bits per heavy atom. The second-order valence-electron chi connectivity index (χ2n) is 1.63. The Morgan fingerprint density at radius 2 is 2.00 bits per heavy atom. The molecule has 0 aliphatic rings. The fourth-order valence-electron chi connectivity index (χ4n) is 0.215. The SMILES string of the molecule is CN(C)/C=C/C(=N)Cl.Cl. The minimum absolute atomic E-state index is 0. The molecule has 9 heavy (non-hydrogen) atoms. The third-order valence-electron chi connectivity index (χ3n) is 0.519. The predicted molar refractivity (Wildman–Crippen MR) is 43.7 cm³/mol. The number of allylic oxidation sites excluding steroid dienone is 1. The third-order valence-corrected chi connectivity index (χ3v) is 0.645. The van der Waals surface area contributed by atoms with Gasteiger partial charge in [-0.15, -0.1) is 12.4 Å². The van der Waals surface area contributed by atoms with E-state index in [9.17, 15) is 0 Å². The molecule has 0 unspecified atom stereocenters. The van der Waals surface area contributed by atoms with Crippen molar-refractivity contribution in [1.82, 2.24) is 4.90 Å². The van der Waals surface area contributed by atoms with E-state index in [1.165, 1.54) is 6.08 Å². The van der Waals surface area contributed by atoms with Crippen LogP contribution < -0.4 is 0 Å². The Kier molecular flexibility index (Phi) is 7.61. The van der Waals surface area contributed by atoms with E-state index in [1.54, 1.807) is 6.20 Å². The molecule has 0 aromatic carbocycles. The maximum Gasteiger partial charge on any atom is 0.122 e. The lowest BCUT2D eigenvalue weighted by Gasteiger charge is -2.00. The maximum absolute atomic E-state index is 6.74. The summed E-state index contributed by atoms with van der Waals surface area (Å²) in [5, 5.41) is 6.79. The molecule has 0 fully saturated rings. The Labute approximate surface area is 66.4 Å². The smallest absolute Gasteiger partial charge is 0.122 e. The first kappa shape index (κ1) is 11.6. The molecular formula is C5H10Cl2N2. The summed E-state index contributed by atoms with van der Waals surface area (Å²) in [5.74, 6) is 0. The maximum atomic E-state index is 6.74. The van der Waals surface area contributed by atoms with Gasteiger partial charge in [-0.25, -0.2) is 0 Å². The summed E-state index contributed by atoms with van der Waals surface area (Å²) in [4.78, 5) is 1.82. The molecule has 0 radical (unpaired) electrons. The molecule has 0 saturated heterocycles. The summed E-state index contributed by atoms with van der Waals surface area (Å²) in [5.41, 5.74) is 0. The third kappa shape index (κ3) is 11.4. The normalized spacial score (nSPS) is 8.78. The van der Waals surface area contributed by atoms with Gasteiger partial charge in [-0.1, -0.05) is 11.6 Å². The van der Waals surface area contributed by atoms with Crippen molar-refractivity contribution >= 4 is 29.2 Å². The van der Waals surface area contributed by atoms with Gasteiger partial charge < -0.3 is 4.90 Å². The molecule has 0 bridgehead atoms. The van der Waals surface area contributed by atoms with Crippen LogP contribution in [-0.4, -0.2) is 24.2 Å². The van der Waals surface area contributed by atoms with Gasteiger partial charge in [0.2, 0.25) is 0 Å². The minimum atomic E-state index is 0. The first-order chi connectivity index (χ1) is 3.63. The second-order valence-corrected chi connectivity index (χ2v) is 2.03. The Bertz CT molecular complexity index is 110. The first-order valence-electron chi connectivity index (χ1n) is 2.21. The van der Waals surface area contributed by atoms with Crippen LogP contribution >= 0.6 is 24.0 Å². The summed E-state index contributed by atoms with van der Waals surface area (Å²) in [6, 6.07) is 0. The Morgan fingerprint density at radius 1 is 1.56 bits per heavy atom. The van der Waals surface area contributed by atoms with Crippen molar-refractivity contribution in [3.05, 3.63) is 12.3 Å². The van der Waals surface area contributed by atoms with Crippen LogP contribution in [0.5, 0.6) is 0 Å². The van der Waals surface area contributed by atoms with Crippen molar-refractivity contribution in [2.75, 3.05) is 14.1 Å². The van der Waals surface area contributed by atoms with E-state index in [4.69, 9.17) is 17.0 Å². The second kappa shape index (κ2) is 5.92. The lowest BCUT2D eigenvalue weighted by molar-refractivity contribution is 0.564. The van der Waals surface area contributed by atoms with Crippen LogP contribution in [0.25, 0.3) is 0 Å². The molecule has 0 spiro atoms. The number of halogens is 2. The average Bonchev–Trinajstić information content (AvgIpc) is 1.61. The molecule has 1 N–H and O–H groups in total. The number of hydrogen-bond acceptors (Lipinski definition) is 2. The number of rotatable bonds is 2. The topological polar surface area (TPSA) is 27.1 Å². The van der Waals surface area contributed by atoms with Crippen molar-refractivity contribution in [3.8, 4) is 0 Å². The van der Waals surface area contributed by atoms with Crippen LogP contribution in [0, 0.1) is 5.41 Å². The average molecular weight is 169 g/mol. The highest BCUT2D eigenvalue weighted by molar-refractivity contribution is 6.67. The van der Waals surface area contributed by atoms with E-state index in [2.05, 4.69) is 0 Å². The monoisotopic (exact) mass is 168 g/mol. The van der Waals surface area contributed by atoms with Crippen LogP contribution in [0.1, 0.15) is 0 Å². The van der Waals surface area contributed by atoms with E-state index >= 15 is 0 Å². The van der Waals surface area contributed by atoms with Gasteiger partial charge >= 0.3 is 0 Å². The van der Waals surface area contributed by atoms with Gasteiger partial charge in [0, 0.05) is 20.3 Å². The fraction of sp³-hybridized carbons (Fsp3) is 0.400. The quantitative estimate of drug-likeness (QED) is 0.625. The highest BCUT2D eigenvalue weighted by atomic mass is 35.5. The molecule has 0 heterocycles. The highest BCUT2D eigenvalue weighted by Gasteiger charge is 1.78. The van der Waals surface area contributed by atoms with Gasteiger partial charge in [-0.05, 0) is 6.08 Å². The van der Waals surface area contributed by atoms with E-state index < -0.39 is 0 Å². The molecule has 0 aromatic rings. The summed E-state index contributed by atoms with van der Waals surface area (Å²) < 4.78 is 0. The van der Waals surface area contributed by atoms with Crippen molar-refractivity contribution in [2.24, 2.45) is 0 Å². The number of nitrogens with one attached hydrogen (secondary N) is 1. The van der Waals surface area contributed by atoms with Gasteiger partial charge in [-0.3, -0.25) is 5.41 Å². The van der Waals surface area contributed by atoms with Crippen LogP contribution in [0.3, 0.4) is 0 Å². The Hall–Kier alpha value is -0.210.